The monoisotopic (exact) mass is 228 g/mol. The van der Waals surface area contributed by atoms with Gasteiger partial charge in [0.05, 0.1) is 6.04 Å². The molecule has 2 saturated heterocycles. The number of thioether (sulfide) groups is 1. The Morgan fingerprint density at radius 2 is 2.07 bits per heavy atom. The van der Waals surface area contributed by atoms with Gasteiger partial charge in [-0.1, -0.05) is 13.8 Å². The molecule has 0 unspecified atom stereocenters. The lowest BCUT2D eigenvalue weighted by molar-refractivity contribution is -0.134. The van der Waals surface area contributed by atoms with Crippen LogP contribution in [0.5, 0.6) is 0 Å². The van der Waals surface area contributed by atoms with Crippen LogP contribution in [-0.2, 0) is 4.79 Å². The molecule has 2 heterocycles. The van der Waals surface area contributed by atoms with E-state index in [9.17, 15) is 4.79 Å². The quantitative estimate of drug-likeness (QED) is 0.734. The van der Waals surface area contributed by atoms with Gasteiger partial charge in [0.1, 0.15) is 0 Å². The SMILES string of the molecule is CC1(C)CCN(C(=O)[C@H]2CSCN2)CC1. The Labute approximate surface area is 96.0 Å². The van der Waals surface area contributed by atoms with Gasteiger partial charge in [-0.2, -0.15) is 0 Å². The number of piperidine rings is 1. The van der Waals surface area contributed by atoms with Gasteiger partial charge in [0, 0.05) is 24.7 Å². The van der Waals surface area contributed by atoms with Gasteiger partial charge in [-0.05, 0) is 18.3 Å². The molecule has 2 aliphatic heterocycles. The Balaban J connectivity index is 1.87. The van der Waals surface area contributed by atoms with Crippen LogP contribution in [0.4, 0.5) is 0 Å². The van der Waals surface area contributed by atoms with Gasteiger partial charge in [0.2, 0.25) is 5.91 Å². The Bertz CT molecular complexity index is 239. The largest absolute Gasteiger partial charge is 0.341 e. The van der Waals surface area contributed by atoms with Gasteiger partial charge in [0.25, 0.3) is 0 Å². The van der Waals surface area contributed by atoms with E-state index in [1.54, 1.807) is 0 Å². The van der Waals surface area contributed by atoms with Crippen LogP contribution < -0.4 is 5.32 Å². The van der Waals surface area contributed by atoms with E-state index in [0.717, 1.165) is 37.6 Å². The molecule has 0 radical (unpaired) electrons. The summed E-state index contributed by atoms with van der Waals surface area (Å²) in [5.41, 5.74) is 0.425. The predicted molar refractivity (Wildman–Crippen MR) is 63.8 cm³/mol. The Morgan fingerprint density at radius 3 is 2.60 bits per heavy atom. The van der Waals surface area contributed by atoms with Crippen molar-refractivity contribution in [3.63, 3.8) is 0 Å². The van der Waals surface area contributed by atoms with Crippen LogP contribution >= 0.6 is 11.8 Å². The molecule has 0 spiro atoms. The van der Waals surface area contributed by atoms with E-state index >= 15 is 0 Å². The molecule has 15 heavy (non-hydrogen) atoms. The minimum atomic E-state index is 0.0798. The number of rotatable bonds is 1. The fraction of sp³-hybridized carbons (Fsp3) is 0.909. The lowest BCUT2D eigenvalue weighted by atomic mass is 9.82. The minimum Gasteiger partial charge on any atom is -0.341 e. The van der Waals surface area contributed by atoms with Gasteiger partial charge < -0.3 is 4.90 Å². The highest BCUT2D eigenvalue weighted by atomic mass is 32.2. The van der Waals surface area contributed by atoms with Crippen LogP contribution in [0.1, 0.15) is 26.7 Å². The first-order chi connectivity index (χ1) is 7.08. The molecule has 2 aliphatic rings. The topological polar surface area (TPSA) is 32.3 Å². The zero-order valence-corrected chi connectivity index (χ0v) is 10.4. The first-order valence-corrected chi connectivity index (χ1v) is 6.84. The van der Waals surface area contributed by atoms with E-state index < -0.39 is 0 Å². The fourth-order valence-corrected chi connectivity index (χ4v) is 3.04. The maximum absolute atomic E-state index is 12.1. The summed E-state index contributed by atoms with van der Waals surface area (Å²) in [7, 11) is 0. The molecule has 1 amide bonds. The minimum absolute atomic E-state index is 0.0798. The lowest BCUT2D eigenvalue weighted by Crippen LogP contribution is -2.49. The standard InChI is InChI=1S/C11H20N2OS/c1-11(2)3-5-13(6-4-11)10(14)9-7-15-8-12-9/h9,12H,3-8H2,1-2H3/t9-/m1/s1. The first-order valence-electron chi connectivity index (χ1n) is 5.68. The molecule has 0 saturated carbocycles. The molecule has 0 aromatic heterocycles. The number of amides is 1. The number of likely N-dealkylation sites (tertiary alicyclic amines) is 1. The third-order valence-electron chi connectivity index (χ3n) is 3.44. The lowest BCUT2D eigenvalue weighted by Gasteiger charge is -2.37. The van der Waals surface area contributed by atoms with E-state index in [0.29, 0.717) is 11.3 Å². The molecule has 0 bridgehead atoms. The fourth-order valence-electron chi connectivity index (χ4n) is 2.11. The van der Waals surface area contributed by atoms with E-state index in [1.807, 2.05) is 16.7 Å². The highest BCUT2D eigenvalue weighted by Gasteiger charge is 2.32. The molecule has 0 aromatic rings. The van der Waals surface area contributed by atoms with Gasteiger partial charge in [-0.3, -0.25) is 10.1 Å². The van der Waals surface area contributed by atoms with Crippen molar-refractivity contribution in [2.75, 3.05) is 24.7 Å². The predicted octanol–water partition coefficient (Wildman–Crippen LogP) is 1.30. The van der Waals surface area contributed by atoms with Gasteiger partial charge in [-0.25, -0.2) is 0 Å². The van der Waals surface area contributed by atoms with Crippen LogP contribution in [0.15, 0.2) is 0 Å². The zero-order chi connectivity index (χ0) is 10.9. The van der Waals surface area contributed by atoms with Crippen molar-refractivity contribution in [3.8, 4) is 0 Å². The van der Waals surface area contributed by atoms with Crippen molar-refractivity contribution in [1.29, 1.82) is 0 Å². The Morgan fingerprint density at radius 1 is 1.40 bits per heavy atom. The van der Waals surface area contributed by atoms with Crippen LogP contribution in [0, 0.1) is 5.41 Å². The summed E-state index contributed by atoms with van der Waals surface area (Å²) >= 11 is 1.82. The number of carbonyl (C=O) groups excluding carboxylic acids is 1. The van der Waals surface area contributed by atoms with Crippen LogP contribution in [0.25, 0.3) is 0 Å². The summed E-state index contributed by atoms with van der Waals surface area (Å²) in [6.07, 6.45) is 2.28. The number of carbonyl (C=O) groups is 1. The number of hydrogen-bond donors (Lipinski definition) is 1. The summed E-state index contributed by atoms with van der Waals surface area (Å²) in [6.45, 7) is 6.46. The highest BCUT2D eigenvalue weighted by Crippen LogP contribution is 2.30. The van der Waals surface area contributed by atoms with E-state index in [4.69, 9.17) is 0 Å². The van der Waals surface area contributed by atoms with Crippen molar-refractivity contribution in [3.05, 3.63) is 0 Å². The van der Waals surface area contributed by atoms with Crippen molar-refractivity contribution < 1.29 is 4.79 Å². The van der Waals surface area contributed by atoms with E-state index in [-0.39, 0.29) is 6.04 Å². The van der Waals surface area contributed by atoms with Gasteiger partial charge >= 0.3 is 0 Å². The maximum atomic E-state index is 12.1. The molecule has 2 rings (SSSR count). The maximum Gasteiger partial charge on any atom is 0.240 e. The highest BCUT2D eigenvalue weighted by molar-refractivity contribution is 7.99. The third kappa shape index (κ3) is 2.67. The normalized spacial score (nSPS) is 30.5. The molecular weight excluding hydrogens is 208 g/mol. The average Bonchev–Trinajstić information content (AvgIpc) is 2.69. The van der Waals surface area contributed by atoms with Crippen LogP contribution in [0.3, 0.4) is 0 Å². The zero-order valence-electron chi connectivity index (χ0n) is 9.58. The first kappa shape index (κ1) is 11.3. The van der Waals surface area contributed by atoms with Gasteiger partial charge in [0.15, 0.2) is 0 Å². The van der Waals surface area contributed by atoms with E-state index in [1.165, 1.54) is 0 Å². The molecule has 3 nitrogen and oxygen atoms in total. The number of nitrogens with zero attached hydrogens (tertiary/aromatic N) is 1. The molecule has 1 N–H and O–H groups in total. The van der Waals surface area contributed by atoms with Gasteiger partial charge in [-0.15, -0.1) is 11.8 Å². The molecule has 4 heteroatoms. The molecular formula is C11H20N2OS. The molecule has 86 valence electrons. The van der Waals surface area contributed by atoms with Crippen LogP contribution in [-0.4, -0.2) is 41.6 Å². The summed E-state index contributed by atoms with van der Waals surface area (Å²) in [5.74, 6) is 2.18. The Kier molecular flexibility index (Phi) is 3.26. The second kappa shape index (κ2) is 4.34. The second-order valence-corrected chi connectivity index (χ2v) is 6.29. The second-order valence-electron chi connectivity index (χ2n) is 5.26. The van der Waals surface area contributed by atoms with Crippen LogP contribution in [0.2, 0.25) is 0 Å². The molecule has 2 fully saturated rings. The summed E-state index contributed by atoms with van der Waals surface area (Å²) < 4.78 is 0. The molecule has 1 atom stereocenters. The number of nitrogens with one attached hydrogen (secondary N) is 1. The van der Waals surface area contributed by atoms with Crippen molar-refractivity contribution in [2.45, 2.75) is 32.7 Å². The van der Waals surface area contributed by atoms with E-state index in [2.05, 4.69) is 19.2 Å². The Hall–Kier alpha value is -0.220. The number of hydrogen-bond acceptors (Lipinski definition) is 3. The van der Waals surface area contributed by atoms with Crippen molar-refractivity contribution in [1.82, 2.24) is 10.2 Å². The molecule has 0 aromatic carbocycles. The van der Waals surface area contributed by atoms with Crippen molar-refractivity contribution >= 4 is 17.7 Å². The van der Waals surface area contributed by atoms with Crippen molar-refractivity contribution in [2.24, 2.45) is 5.41 Å². The summed E-state index contributed by atoms with van der Waals surface area (Å²) in [4.78, 5) is 14.1. The summed E-state index contributed by atoms with van der Waals surface area (Å²) in [5, 5.41) is 3.25. The average molecular weight is 228 g/mol. The third-order valence-corrected chi connectivity index (χ3v) is 4.38. The smallest absolute Gasteiger partial charge is 0.240 e. The molecule has 0 aliphatic carbocycles. The summed E-state index contributed by atoms with van der Waals surface area (Å²) in [6, 6.07) is 0.0798.